The number of hydrogen-bond donors (Lipinski definition) is 1. The monoisotopic (exact) mass is 345 g/mol. The Balaban J connectivity index is 1.54. The van der Waals surface area contributed by atoms with Crippen molar-refractivity contribution in [3.05, 3.63) is 54.1 Å². The van der Waals surface area contributed by atoms with E-state index in [4.69, 9.17) is 4.74 Å². The topological polar surface area (TPSA) is 50.4 Å². The molecule has 1 saturated heterocycles. The molecular formula is C18H17F2N3O2. The maximum absolute atomic E-state index is 12.4. The predicted molar refractivity (Wildman–Crippen MR) is 90.1 cm³/mol. The highest BCUT2D eigenvalue weighted by atomic mass is 19.3. The molecule has 4 rings (SSSR count). The van der Waals surface area contributed by atoms with Crippen molar-refractivity contribution in [2.75, 3.05) is 24.6 Å². The van der Waals surface area contributed by atoms with E-state index in [0.29, 0.717) is 19.7 Å². The first-order valence-electron chi connectivity index (χ1n) is 8.05. The summed E-state index contributed by atoms with van der Waals surface area (Å²) in [5.41, 5.74) is 2.69. The van der Waals surface area contributed by atoms with E-state index in [1.807, 2.05) is 30.3 Å². The third-order valence-electron chi connectivity index (χ3n) is 4.20. The van der Waals surface area contributed by atoms with Gasteiger partial charge in [-0.05, 0) is 29.8 Å². The molecule has 0 aliphatic carbocycles. The van der Waals surface area contributed by atoms with E-state index in [0.717, 1.165) is 22.5 Å². The number of H-pyrrole nitrogens is 1. The van der Waals surface area contributed by atoms with E-state index < -0.39 is 6.61 Å². The first-order chi connectivity index (χ1) is 12.2. The molecule has 1 aliphatic rings. The summed E-state index contributed by atoms with van der Waals surface area (Å²) in [4.78, 5) is 10.0. The van der Waals surface area contributed by atoms with E-state index in [-0.39, 0.29) is 11.9 Å². The normalized spacial score (nSPS) is 18.0. The fraction of sp³-hybridized carbons (Fsp3) is 0.278. The van der Waals surface area contributed by atoms with Gasteiger partial charge in [0.05, 0.1) is 24.2 Å². The molecule has 5 nitrogen and oxygen atoms in total. The van der Waals surface area contributed by atoms with Gasteiger partial charge >= 0.3 is 6.61 Å². The Morgan fingerprint density at radius 1 is 1.20 bits per heavy atom. The van der Waals surface area contributed by atoms with Crippen LogP contribution in [-0.2, 0) is 4.74 Å². The zero-order valence-corrected chi connectivity index (χ0v) is 13.4. The second-order valence-corrected chi connectivity index (χ2v) is 5.83. The fourth-order valence-corrected chi connectivity index (χ4v) is 3.02. The number of hydrogen-bond acceptors (Lipinski definition) is 4. The molecule has 1 atom stereocenters. The first kappa shape index (κ1) is 15.8. The number of ether oxygens (including phenoxy) is 2. The second-order valence-electron chi connectivity index (χ2n) is 5.83. The highest BCUT2D eigenvalue weighted by Gasteiger charge is 2.24. The van der Waals surface area contributed by atoms with Crippen LogP contribution >= 0.6 is 0 Å². The van der Waals surface area contributed by atoms with Crippen LogP contribution in [-0.4, -0.2) is 36.3 Å². The fourth-order valence-electron chi connectivity index (χ4n) is 3.02. The van der Waals surface area contributed by atoms with E-state index >= 15 is 0 Å². The average Bonchev–Trinajstić information content (AvgIpc) is 3.06. The van der Waals surface area contributed by atoms with Crippen molar-refractivity contribution in [3.8, 4) is 5.75 Å². The zero-order valence-electron chi connectivity index (χ0n) is 13.4. The van der Waals surface area contributed by atoms with Gasteiger partial charge in [-0.1, -0.05) is 24.3 Å². The molecule has 2 aromatic carbocycles. The van der Waals surface area contributed by atoms with E-state index in [9.17, 15) is 8.78 Å². The van der Waals surface area contributed by atoms with Gasteiger partial charge < -0.3 is 19.4 Å². The number of anilines is 1. The van der Waals surface area contributed by atoms with Gasteiger partial charge in [-0.15, -0.1) is 0 Å². The quantitative estimate of drug-likeness (QED) is 0.783. The Morgan fingerprint density at radius 2 is 2.08 bits per heavy atom. The number of nitrogens with one attached hydrogen (secondary N) is 1. The lowest BCUT2D eigenvalue weighted by Crippen LogP contribution is -2.39. The van der Waals surface area contributed by atoms with E-state index in [1.54, 1.807) is 12.1 Å². The number of benzene rings is 2. The second kappa shape index (κ2) is 6.68. The number of rotatable bonds is 4. The molecule has 1 N–H and O–H groups in total. The van der Waals surface area contributed by atoms with Crippen molar-refractivity contribution in [2.24, 2.45) is 0 Å². The minimum Gasteiger partial charge on any atom is -0.435 e. The first-order valence-corrected chi connectivity index (χ1v) is 8.05. The highest BCUT2D eigenvalue weighted by Crippen LogP contribution is 2.28. The number of aromatic amines is 1. The summed E-state index contributed by atoms with van der Waals surface area (Å²) in [5.74, 6) is 0.923. The molecule has 0 amide bonds. The number of alkyl halides is 2. The molecule has 0 spiro atoms. The zero-order chi connectivity index (χ0) is 17.2. The van der Waals surface area contributed by atoms with Gasteiger partial charge in [0.1, 0.15) is 11.9 Å². The molecule has 1 aromatic heterocycles. The summed E-state index contributed by atoms with van der Waals surface area (Å²) in [7, 11) is 0. The lowest BCUT2D eigenvalue weighted by Gasteiger charge is -2.33. The van der Waals surface area contributed by atoms with Crippen molar-refractivity contribution >= 4 is 17.0 Å². The molecule has 3 aromatic rings. The molecule has 0 radical (unpaired) electrons. The van der Waals surface area contributed by atoms with Crippen molar-refractivity contribution in [3.63, 3.8) is 0 Å². The van der Waals surface area contributed by atoms with Gasteiger partial charge in [0.2, 0.25) is 5.95 Å². The van der Waals surface area contributed by atoms with Crippen molar-refractivity contribution in [1.29, 1.82) is 0 Å². The third-order valence-corrected chi connectivity index (χ3v) is 4.20. The Morgan fingerprint density at radius 3 is 2.92 bits per heavy atom. The van der Waals surface area contributed by atoms with Gasteiger partial charge in [-0.3, -0.25) is 0 Å². The van der Waals surface area contributed by atoms with Crippen LogP contribution in [0.25, 0.3) is 11.0 Å². The van der Waals surface area contributed by atoms with E-state index in [2.05, 4.69) is 19.6 Å². The predicted octanol–water partition coefficient (Wildman–Crippen LogP) is 3.74. The molecule has 0 saturated carbocycles. The lowest BCUT2D eigenvalue weighted by atomic mass is 10.1. The van der Waals surface area contributed by atoms with Crippen LogP contribution in [0, 0.1) is 0 Å². The van der Waals surface area contributed by atoms with Gasteiger partial charge in [-0.25, -0.2) is 4.98 Å². The molecule has 7 heteroatoms. The Labute approximate surface area is 143 Å². The Hall–Kier alpha value is -2.67. The van der Waals surface area contributed by atoms with Gasteiger partial charge in [0.15, 0.2) is 0 Å². The van der Waals surface area contributed by atoms with Crippen molar-refractivity contribution in [1.82, 2.24) is 9.97 Å². The van der Waals surface area contributed by atoms with Crippen molar-refractivity contribution in [2.45, 2.75) is 12.7 Å². The van der Waals surface area contributed by atoms with Crippen LogP contribution in [0.4, 0.5) is 14.7 Å². The Bertz CT molecular complexity index is 835. The standard InChI is InChI=1S/C18H17F2N3O2/c19-17(20)25-13-5-3-4-12(10-13)16-11-23(8-9-24-16)18-21-14-6-1-2-7-15(14)22-18/h1-7,10,16-17H,8-9,11H2,(H,21,22). The van der Waals surface area contributed by atoms with Crippen LogP contribution in [0.3, 0.4) is 0 Å². The number of aromatic nitrogens is 2. The molecule has 1 aliphatic heterocycles. The number of fused-ring (bicyclic) bond motifs is 1. The summed E-state index contributed by atoms with van der Waals surface area (Å²) < 4.78 is 35.1. The van der Waals surface area contributed by atoms with Crippen LogP contribution in [0.15, 0.2) is 48.5 Å². The number of nitrogens with zero attached hydrogens (tertiary/aromatic N) is 2. The molecule has 2 heterocycles. The summed E-state index contributed by atoms with van der Waals surface area (Å²) in [5, 5.41) is 0. The molecular weight excluding hydrogens is 328 g/mol. The number of imidazole rings is 1. The maximum Gasteiger partial charge on any atom is 0.387 e. The molecule has 1 unspecified atom stereocenters. The number of halogens is 2. The van der Waals surface area contributed by atoms with Crippen LogP contribution < -0.4 is 9.64 Å². The molecule has 1 fully saturated rings. The van der Waals surface area contributed by atoms with Crippen LogP contribution in [0.2, 0.25) is 0 Å². The van der Waals surface area contributed by atoms with Crippen LogP contribution in [0.1, 0.15) is 11.7 Å². The van der Waals surface area contributed by atoms with Gasteiger partial charge in [-0.2, -0.15) is 8.78 Å². The summed E-state index contributed by atoms with van der Waals surface area (Å²) in [6.45, 7) is -1.02. The third kappa shape index (κ3) is 3.41. The number of morpholine rings is 1. The number of para-hydroxylation sites is 2. The summed E-state index contributed by atoms with van der Waals surface area (Å²) in [6.07, 6.45) is -0.233. The average molecular weight is 345 g/mol. The van der Waals surface area contributed by atoms with Crippen LogP contribution in [0.5, 0.6) is 5.75 Å². The highest BCUT2D eigenvalue weighted by molar-refractivity contribution is 5.77. The summed E-state index contributed by atoms with van der Waals surface area (Å²) >= 11 is 0. The minimum atomic E-state index is -2.84. The van der Waals surface area contributed by atoms with Gasteiger partial charge in [0, 0.05) is 6.54 Å². The van der Waals surface area contributed by atoms with Gasteiger partial charge in [0.25, 0.3) is 0 Å². The maximum atomic E-state index is 12.4. The molecule has 130 valence electrons. The largest absolute Gasteiger partial charge is 0.435 e. The van der Waals surface area contributed by atoms with Crippen molar-refractivity contribution < 1.29 is 18.3 Å². The Kier molecular flexibility index (Phi) is 4.23. The lowest BCUT2D eigenvalue weighted by molar-refractivity contribution is -0.0501. The molecule has 0 bridgehead atoms. The summed E-state index contributed by atoms with van der Waals surface area (Å²) in [6, 6.07) is 14.5. The smallest absolute Gasteiger partial charge is 0.387 e. The van der Waals surface area contributed by atoms with E-state index in [1.165, 1.54) is 6.07 Å². The minimum absolute atomic E-state index is 0.136. The SMILES string of the molecule is FC(F)Oc1cccc(C2CN(c3nc4ccccc4[nH]3)CCO2)c1. The molecule has 25 heavy (non-hydrogen) atoms.